The van der Waals surface area contributed by atoms with Crippen LogP contribution in [0.5, 0.6) is 0 Å². The third-order valence-corrected chi connectivity index (χ3v) is 10.2. The number of halogens is 2. The maximum absolute atomic E-state index is 15.4. The second-order valence-corrected chi connectivity index (χ2v) is 13.9. The van der Waals surface area contributed by atoms with E-state index >= 15 is 4.39 Å². The van der Waals surface area contributed by atoms with E-state index < -0.39 is 17.8 Å². The zero-order valence-electron chi connectivity index (χ0n) is 27.2. The van der Waals surface area contributed by atoms with Gasteiger partial charge in [0.25, 0.3) is 0 Å². The minimum Gasteiger partial charge on any atom is -0.325 e. The van der Waals surface area contributed by atoms with Gasteiger partial charge in [0.1, 0.15) is 40.4 Å². The van der Waals surface area contributed by atoms with Crippen molar-refractivity contribution in [3.8, 4) is 11.1 Å². The molecule has 5 aromatic rings. The molecule has 2 aliphatic heterocycles. The first-order chi connectivity index (χ1) is 24.1. The summed E-state index contributed by atoms with van der Waals surface area (Å²) in [5, 5.41) is 12.7. The number of fused-ring (bicyclic) bond motifs is 5. The molecule has 0 radical (unpaired) electrons. The van der Waals surface area contributed by atoms with Gasteiger partial charge in [-0.15, -0.1) is 0 Å². The number of allylic oxidation sites excluding steroid dienone is 2. The molecular formula is C36H31BrFN9O3. The molecule has 6 heterocycles. The average Bonchev–Trinajstić information content (AvgIpc) is 3.36. The fraction of sp³-hybridized carbons (Fsp3) is 0.278. The minimum absolute atomic E-state index is 0.0602. The van der Waals surface area contributed by atoms with Crippen LogP contribution < -0.4 is 5.32 Å². The summed E-state index contributed by atoms with van der Waals surface area (Å²) in [7, 11) is 0. The Morgan fingerprint density at radius 2 is 1.90 bits per heavy atom. The fourth-order valence-electron chi connectivity index (χ4n) is 7.20. The first-order valence-electron chi connectivity index (χ1n) is 16.2. The second kappa shape index (κ2) is 12.2. The van der Waals surface area contributed by atoms with Crippen molar-refractivity contribution in [2.45, 2.75) is 58.3 Å². The standard InChI is InChI=1S/C36H31BrFN9O3/c1-20(48)33-26-13-22(23-16-39-21(2)40-17-23)7-9-28(26)46(44-33)18-32(49)47-29-14-36(15-30(36)47)19-45-12-11-24(43-45)5-3-4-6-27(38)25-8-10-31(37)41-34(25)42-35(29)50/h3,5-13,16-17,29-30H,4,14-15,18-19H2,1-2H3,(H,41,42,50)/b5-3-,27-6+/t29-,30+,36-/m0/s1. The number of hydrogen-bond acceptors (Lipinski definition) is 8. The van der Waals surface area contributed by atoms with E-state index in [1.807, 2.05) is 47.3 Å². The number of Topliss-reactive ketones (excluding diaryl/α,β-unsaturated/α-hetero) is 1. The smallest absolute Gasteiger partial charge is 0.248 e. The number of pyridine rings is 1. The number of nitrogens with zero attached hydrogens (tertiary/aromatic N) is 8. The van der Waals surface area contributed by atoms with Crippen molar-refractivity contribution < 1.29 is 18.8 Å². The lowest BCUT2D eigenvalue weighted by Crippen LogP contribution is -2.47. The number of aryl methyl sites for hydroxylation is 1. The van der Waals surface area contributed by atoms with Crippen molar-refractivity contribution in [2.24, 2.45) is 5.41 Å². The molecule has 1 aromatic carbocycles. The van der Waals surface area contributed by atoms with Crippen molar-refractivity contribution in [3.05, 3.63) is 94.5 Å². The van der Waals surface area contributed by atoms with Gasteiger partial charge in [0.2, 0.25) is 11.8 Å². The lowest BCUT2D eigenvalue weighted by atomic mass is 9.99. The van der Waals surface area contributed by atoms with Crippen LogP contribution in [0.1, 0.15) is 53.8 Å². The third-order valence-electron chi connectivity index (χ3n) is 9.71. The molecule has 1 aliphatic carbocycles. The molecule has 2 amide bonds. The summed E-state index contributed by atoms with van der Waals surface area (Å²) in [4.78, 5) is 55.8. The number of ketones is 1. The van der Waals surface area contributed by atoms with E-state index in [4.69, 9.17) is 0 Å². The number of hydrogen-bond donors (Lipinski definition) is 1. The Bertz CT molecular complexity index is 2280. The molecule has 1 spiro atoms. The summed E-state index contributed by atoms with van der Waals surface area (Å²) >= 11 is 3.34. The van der Waals surface area contributed by atoms with Crippen LogP contribution in [0.25, 0.3) is 33.9 Å². The van der Waals surface area contributed by atoms with Crippen LogP contribution in [-0.2, 0) is 22.7 Å². The van der Waals surface area contributed by atoms with Crippen LogP contribution in [0.2, 0.25) is 0 Å². The molecule has 1 saturated carbocycles. The number of likely N-dealkylation sites (tertiary alicyclic amines) is 1. The summed E-state index contributed by atoms with van der Waals surface area (Å²) in [6.07, 6.45) is 11.8. The Labute approximate surface area is 294 Å². The van der Waals surface area contributed by atoms with Crippen LogP contribution in [-0.4, -0.2) is 69.1 Å². The normalized spacial score (nSPS) is 23.1. The van der Waals surface area contributed by atoms with Gasteiger partial charge in [-0.25, -0.2) is 19.3 Å². The summed E-state index contributed by atoms with van der Waals surface area (Å²) in [5.74, 6) is -0.851. The predicted molar refractivity (Wildman–Crippen MR) is 187 cm³/mol. The Hall–Kier alpha value is -5.37. The molecular weight excluding hydrogens is 705 g/mol. The van der Waals surface area contributed by atoms with Gasteiger partial charge in [0, 0.05) is 54.5 Å². The number of anilines is 1. The number of benzene rings is 1. The Balaban J connectivity index is 1.15. The van der Waals surface area contributed by atoms with Crippen LogP contribution >= 0.6 is 15.9 Å². The maximum atomic E-state index is 15.4. The highest BCUT2D eigenvalue weighted by atomic mass is 79.9. The monoisotopic (exact) mass is 735 g/mol. The van der Waals surface area contributed by atoms with Crippen LogP contribution in [0.3, 0.4) is 0 Å². The quantitative estimate of drug-likeness (QED) is 0.181. The largest absolute Gasteiger partial charge is 0.325 e. The number of carbonyl (C=O) groups is 3. The number of piperidine rings is 1. The Morgan fingerprint density at radius 3 is 2.70 bits per heavy atom. The molecule has 8 rings (SSSR count). The maximum Gasteiger partial charge on any atom is 0.248 e. The molecule has 3 atom stereocenters. The van der Waals surface area contributed by atoms with E-state index in [1.54, 1.807) is 36.4 Å². The molecule has 1 N–H and O–H groups in total. The van der Waals surface area contributed by atoms with E-state index in [0.717, 1.165) is 16.8 Å². The van der Waals surface area contributed by atoms with Crippen LogP contribution in [0, 0.1) is 12.3 Å². The van der Waals surface area contributed by atoms with E-state index in [-0.39, 0.29) is 46.8 Å². The van der Waals surface area contributed by atoms with Gasteiger partial charge in [-0.05, 0) is 90.2 Å². The summed E-state index contributed by atoms with van der Waals surface area (Å²) in [6, 6.07) is 9.52. The first-order valence-corrected chi connectivity index (χ1v) is 17.0. The van der Waals surface area contributed by atoms with Crippen molar-refractivity contribution in [2.75, 3.05) is 5.32 Å². The number of amides is 2. The van der Waals surface area contributed by atoms with Gasteiger partial charge >= 0.3 is 0 Å². The molecule has 0 unspecified atom stereocenters. The zero-order valence-corrected chi connectivity index (χ0v) is 28.8. The fourth-order valence-corrected chi connectivity index (χ4v) is 7.51. The van der Waals surface area contributed by atoms with Gasteiger partial charge < -0.3 is 10.2 Å². The summed E-state index contributed by atoms with van der Waals surface area (Å²) < 4.78 is 19.2. The molecule has 2 fully saturated rings. The highest BCUT2D eigenvalue weighted by Crippen LogP contribution is 2.60. The van der Waals surface area contributed by atoms with Gasteiger partial charge in [0.15, 0.2) is 5.78 Å². The average molecular weight is 737 g/mol. The van der Waals surface area contributed by atoms with E-state index in [2.05, 4.69) is 46.4 Å². The van der Waals surface area contributed by atoms with Crippen LogP contribution in [0.4, 0.5) is 10.2 Å². The van der Waals surface area contributed by atoms with Crippen LogP contribution in [0.15, 0.2) is 71.7 Å². The molecule has 1 saturated heterocycles. The number of rotatable bonds is 4. The molecule has 4 aromatic heterocycles. The summed E-state index contributed by atoms with van der Waals surface area (Å²) in [6.45, 7) is 3.58. The Kier molecular flexibility index (Phi) is 7.77. The molecule has 50 heavy (non-hydrogen) atoms. The number of carbonyl (C=O) groups excluding carboxylic acids is 3. The van der Waals surface area contributed by atoms with Crippen molar-refractivity contribution in [3.63, 3.8) is 0 Å². The number of nitrogens with one attached hydrogen (secondary N) is 1. The summed E-state index contributed by atoms with van der Waals surface area (Å²) in [5.41, 5.74) is 2.94. The topological polar surface area (TPSA) is 141 Å². The molecule has 14 heteroatoms. The lowest BCUT2D eigenvalue weighted by Gasteiger charge is -2.27. The molecule has 4 bridgehead atoms. The van der Waals surface area contributed by atoms with Crippen molar-refractivity contribution in [1.29, 1.82) is 0 Å². The van der Waals surface area contributed by atoms with Gasteiger partial charge in [-0.3, -0.25) is 23.7 Å². The number of aromatic nitrogens is 7. The second-order valence-electron chi connectivity index (χ2n) is 13.1. The SMILES string of the molecule is CC(=O)c1nn(CC(=O)N2[C@H]3C[C@]4(C[C@@H]24)Cn2ccc(n2)/C=C\C/C=C(/F)c2ccc(Br)nc2NC3=O)c2ccc(-c3cnc(C)nc3)cc12. The first kappa shape index (κ1) is 31.9. The Morgan fingerprint density at radius 1 is 1.08 bits per heavy atom. The third kappa shape index (κ3) is 5.72. The zero-order chi connectivity index (χ0) is 34.7. The molecule has 12 nitrogen and oxygen atoms in total. The lowest BCUT2D eigenvalue weighted by molar-refractivity contribution is -0.138. The predicted octanol–water partition coefficient (Wildman–Crippen LogP) is 5.78. The van der Waals surface area contributed by atoms with E-state index in [0.29, 0.717) is 47.1 Å². The highest BCUT2D eigenvalue weighted by Gasteiger charge is 2.67. The van der Waals surface area contributed by atoms with E-state index in [9.17, 15) is 14.4 Å². The van der Waals surface area contributed by atoms with E-state index in [1.165, 1.54) is 17.7 Å². The van der Waals surface area contributed by atoms with Gasteiger partial charge in [-0.2, -0.15) is 10.2 Å². The van der Waals surface area contributed by atoms with Crippen molar-refractivity contribution in [1.82, 2.24) is 39.4 Å². The van der Waals surface area contributed by atoms with Gasteiger partial charge in [-0.1, -0.05) is 12.1 Å². The highest BCUT2D eigenvalue weighted by molar-refractivity contribution is 9.10. The minimum atomic E-state index is -0.855. The molecule has 3 aliphatic rings. The van der Waals surface area contributed by atoms with Crippen molar-refractivity contribution >= 4 is 62.2 Å². The van der Waals surface area contributed by atoms with Gasteiger partial charge in [0.05, 0.1) is 16.8 Å². The molecule has 252 valence electrons.